The van der Waals surface area contributed by atoms with E-state index in [1.807, 2.05) is 12.1 Å². The van der Waals surface area contributed by atoms with Crippen molar-refractivity contribution in [3.63, 3.8) is 0 Å². The van der Waals surface area contributed by atoms with E-state index >= 15 is 0 Å². The van der Waals surface area contributed by atoms with Gasteiger partial charge in [-0.15, -0.1) is 0 Å². The smallest absolute Gasteiger partial charge is 0.244 e. The van der Waals surface area contributed by atoms with E-state index in [0.29, 0.717) is 18.0 Å². The molecule has 0 spiro atoms. The lowest BCUT2D eigenvalue weighted by Gasteiger charge is -2.34. The molecule has 0 saturated carbocycles. The number of nitrogens with zero attached hydrogens (tertiary/aromatic N) is 2. The SMILES string of the molecule is CCN1CCN(Cc2ccc(CNC(=O)C=Cc3cc(OC)cc(OC)c3)cc2)CC1. The van der Waals surface area contributed by atoms with Crippen molar-refractivity contribution in [1.29, 1.82) is 0 Å². The lowest BCUT2D eigenvalue weighted by atomic mass is 10.1. The summed E-state index contributed by atoms with van der Waals surface area (Å²) in [7, 11) is 3.21. The molecule has 1 saturated heterocycles. The fraction of sp³-hybridized carbons (Fsp3) is 0.400. The van der Waals surface area contributed by atoms with Crippen molar-refractivity contribution in [1.82, 2.24) is 15.1 Å². The summed E-state index contributed by atoms with van der Waals surface area (Å²) in [4.78, 5) is 17.2. The summed E-state index contributed by atoms with van der Waals surface area (Å²) in [5.74, 6) is 1.23. The van der Waals surface area contributed by atoms with Gasteiger partial charge >= 0.3 is 0 Å². The maximum absolute atomic E-state index is 12.2. The Morgan fingerprint density at radius 1 is 0.935 bits per heavy atom. The van der Waals surface area contributed by atoms with Gasteiger partial charge in [0, 0.05) is 51.4 Å². The molecule has 1 aliphatic heterocycles. The quantitative estimate of drug-likeness (QED) is 0.628. The van der Waals surface area contributed by atoms with Crippen molar-refractivity contribution in [3.8, 4) is 11.5 Å². The van der Waals surface area contributed by atoms with Gasteiger partial charge in [-0.3, -0.25) is 9.69 Å². The first-order valence-corrected chi connectivity index (χ1v) is 10.8. The lowest BCUT2D eigenvalue weighted by Crippen LogP contribution is -2.45. The first-order chi connectivity index (χ1) is 15.1. The molecule has 1 aliphatic rings. The number of carbonyl (C=O) groups excluding carboxylic acids is 1. The van der Waals surface area contributed by atoms with Gasteiger partial charge in [0.25, 0.3) is 0 Å². The van der Waals surface area contributed by atoms with Gasteiger partial charge in [0.2, 0.25) is 5.91 Å². The molecule has 1 N–H and O–H groups in total. The second kappa shape index (κ2) is 11.5. The maximum atomic E-state index is 12.2. The van der Waals surface area contributed by atoms with E-state index < -0.39 is 0 Å². The third kappa shape index (κ3) is 7.12. The van der Waals surface area contributed by atoms with E-state index in [2.05, 4.69) is 46.3 Å². The first kappa shape index (κ1) is 22.8. The number of carbonyl (C=O) groups is 1. The van der Waals surface area contributed by atoms with E-state index in [1.54, 1.807) is 26.4 Å². The second-order valence-corrected chi connectivity index (χ2v) is 7.72. The van der Waals surface area contributed by atoms with E-state index in [1.165, 1.54) is 11.6 Å². The molecular formula is C25H33N3O3. The molecule has 0 bridgehead atoms. The lowest BCUT2D eigenvalue weighted by molar-refractivity contribution is -0.116. The monoisotopic (exact) mass is 423 g/mol. The number of methoxy groups -OCH3 is 2. The molecule has 0 radical (unpaired) electrons. The van der Waals surface area contributed by atoms with Gasteiger partial charge in [0.05, 0.1) is 14.2 Å². The minimum Gasteiger partial charge on any atom is -0.497 e. The van der Waals surface area contributed by atoms with Crippen LogP contribution in [0.4, 0.5) is 0 Å². The van der Waals surface area contributed by atoms with Crippen LogP contribution in [0.15, 0.2) is 48.5 Å². The molecule has 1 amide bonds. The number of ether oxygens (including phenoxy) is 2. The van der Waals surface area contributed by atoms with Crippen molar-refractivity contribution in [2.24, 2.45) is 0 Å². The number of hydrogen-bond acceptors (Lipinski definition) is 5. The number of piperazine rings is 1. The summed E-state index contributed by atoms with van der Waals surface area (Å²) < 4.78 is 10.5. The zero-order valence-electron chi connectivity index (χ0n) is 18.8. The Morgan fingerprint density at radius 3 is 2.10 bits per heavy atom. The number of amides is 1. The van der Waals surface area contributed by atoms with Crippen LogP contribution in [0, 0.1) is 0 Å². The van der Waals surface area contributed by atoms with Gasteiger partial charge in [0.1, 0.15) is 11.5 Å². The summed E-state index contributed by atoms with van der Waals surface area (Å²) in [5, 5.41) is 2.93. The molecule has 6 heteroatoms. The number of benzene rings is 2. The zero-order chi connectivity index (χ0) is 22.1. The summed E-state index contributed by atoms with van der Waals surface area (Å²) in [6, 6.07) is 14.0. The molecule has 166 valence electrons. The molecular weight excluding hydrogens is 390 g/mol. The molecule has 0 atom stereocenters. The highest BCUT2D eigenvalue weighted by Crippen LogP contribution is 2.23. The Labute approximate surface area is 185 Å². The van der Waals surface area contributed by atoms with Gasteiger partial charge in [-0.25, -0.2) is 0 Å². The highest BCUT2D eigenvalue weighted by atomic mass is 16.5. The van der Waals surface area contributed by atoms with Gasteiger partial charge in [-0.2, -0.15) is 0 Å². The van der Waals surface area contributed by atoms with Crippen LogP contribution in [0.3, 0.4) is 0 Å². The molecule has 6 nitrogen and oxygen atoms in total. The number of likely N-dealkylation sites (N-methyl/N-ethyl adjacent to an activating group) is 1. The summed E-state index contributed by atoms with van der Waals surface area (Å²) >= 11 is 0. The number of rotatable bonds is 9. The average Bonchev–Trinajstić information content (AvgIpc) is 2.82. The van der Waals surface area contributed by atoms with Crippen LogP contribution in [0.2, 0.25) is 0 Å². The Kier molecular flexibility index (Phi) is 8.50. The Hall–Kier alpha value is -2.83. The van der Waals surface area contributed by atoms with E-state index in [9.17, 15) is 4.79 Å². The summed E-state index contributed by atoms with van der Waals surface area (Å²) in [5.41, 5.74) is 3.24. The van der Waals surface area contributed by atoms with Gasteiger partial charge in [-0.1, -0.05) is 31.2 Å². The highest BCUT2D eigenvalue weighted by Gasteiger charge is 2.15. The van der Waals surface area contributed by atoms with Crippen molar-refractivity contribution in [3.05, 3.63) is 65.2 Å². The first-order valence-electron chi connectivity index (χ1n) is 10.8. The highest BCUT2D eigenvalue weighted by molar-refractivity contribution is 5.91. The Balaban J connectivity index is 1.46. The molecule has 31 heavy (non-hydrogen) atoms. The van der Waals surface area contributed by atoms with E-state index in [4.69, 9.17) is 9.47 Å². The Bertz CT molecular complexity index is 850. The van der Waals surface area contributed by atoms with E-state index in [-0.39, 0.29) is 5.91 Å². The zero-order valence-corrected chi connectivity index (χ0v) is 18.8. The number of hydrogen-bond donors (Lipinski definition) is 1. The largest absolute Gasteiger partial charge is 0.497 e. The van der Waals surface area contributed by atoms with E-state index in [0.717, 1.165) is 50.4 Å². The Morgan fingerprint density at radius 2 is 1.52 bits per heavy atom. The van der Waals surface area contributed by atoms with Crippen molar-refractivity contribution in [2.45, 2.75) is 20.0 Å². The molecule has 0 aliphatic carbocycles. The summed E-state index contributed by atoms with van der Waals surface area (Å²) in [6.07, 6.45) is 3.28. The minimum atomic E-state index is -0.139. The van der Waals surface area contributed by atoms with Crippen LogP contribution in [-0.4, -0.2) is 62.7 Å². The third-order valence-corrected chi connectivity index (χ3v) is 5.61. The third-order valence-electron chi connectivity index (χ3n) is 5.61. The fourth-order valence-corrected chi connectivity index (χ4v) is 3.63. The van der Waals surface area contributed by atoms with Crippen molar-refractivity contribution in [2.75, 3.05) is 46.9 Å². The average molecular weight is 424 g/mol. The van der Waals surface area contributed by atoms with Gasteiger partial charge in [-0.05, 0) is 41.4 Å². The summed E-state index contributed by atoms with van der Waals surface area (Å²) in [6.45, 7) is 9.38. The van der Waals surface area contributed by atoms with Crippen LogP contribution in [-0.2, 0) is 17.9 Å². The molecule has 2 aromatic rings. The normalized spacial score (nSPS) is 15.2. The van der Waals surface area contributed by atoms with Crippen LogP contribution in [0.1, 0.15) is 23.6 Å². The van der Waals surface area contributed by atoms with Crippen LogP contribution in [0.5, 0.6) is 11.5 Å². The van der Waals surface area contributed by atoms with Crippen LogP contribution >= 0.6 is 0 Å². The predicted octanol–water partition coefficient (Wildman–Crippen LogP) is 3.17. The minimum absolute atomic E-state index is 0.139. The number of nitrogens with one attached hydrogen (secondary N) is 1. The molecule has 0 aromatic heterocycles. The van der Waals surface area contributed by atoms with Gasteiger partial charge in [0.15, 0.2) is 0 Å². The predicted molar refractivity (Wildman–Crippen MR) is 124 cm³/mol. The second-order valence-electron chi connectivity index (χ2n) is 7.72. The molecule has 3 rings (SSSR count). The topological polar surface area (TPSA) is 54.0 Å². The maximum Gasteiger partial charge on any atom is 0.244 e. The van der Waals surface area contributed by atoms with Crippen LogP contribution in [0.25, 0.3) is 6.08 Å². The van der Waals surface area contributed by atoms with Crippen molar-refractivity contribution < 1.29 is 14.3 Å². The molecule has 1 heterocycles. The van der Waals surface area contributed by atoms with Gasteiger partial charge < -0.3 is 19.7 Å². The molecule has 2 aromatic carbocycles. The van der Waals surface area contributed by atoms with Crippen LogP contribution < -0.4 is 14.8 Å². The van der Waals surface area contributed by atoms with Crippen molar-refractivity contribution >= 4 is 12.0 Å². The standard InChI is InChI=1S/C25H33N3O3/c1-4-27-11-13-28(14-12-27)19-21-7-5-20(6-8-21)18-26-25(29)10-9-22-15-23(30-2)17-24(16-22)31-3/h5-10,15-17H,4,11-14,18-19H2,1-3H3,(H,26,29). The molecule has 1 fully saturated rings. The molecule has 0 unspecified atom stereocenters. The fourth-order valence-electron chi connectivity index (χ4n) is 3.63.